The molecule has 0 saturated heterocycles. The van der Waals surface area contributed by atoms with Gasteiger partial charge < -0.3 is 24.8 Å². The molecule has 0 aromatic heterocycles. The molecule has 0 bridgehead atoms. The summed E-state index contributed by atoms with van der Waals surface area (Å²) in [6.07, 6.45) is 4.89. The van der Waals surface area contributed by atoms with E-state index in [4.69, 9.17) is 14.6 Å². The molecular weight excluding hydrogens is 296 g/mol. The molecule has 1 aromatic rings. The molecule has 1 saturated carbocycles. The maximum absolute atomic E-state index is 12.3. The number of amides is 2. The second-order valence-electron chi connectivity index (χ2n) is 6.12. The zero-order valence-electron chi connectivity index (χ0n) is 13.5. The summed E-state index contributed by atoms with van der Waals surface area (Å²) < 4.78 is 12.0. The Hall–Kier alpha value is -1.95. The number of ether oxygens (including phenoxy) is 2. The van der Waals surface area contributed by atoms with E-state index in [0.717, 1.165) is 37.9 Å². The first-order valence-corrected chi connectivity index (χ1v) is 8.35. The molecule has 1 fully saturated rings. The van der Waals surface area contributed by atoms with Gasteiger partial charge in [0.15, 0.2) is 11.5 Å². The average molecular weight is 320 g/mol. The van der Waals surface area contributed by atoms with E-state index in [1.807, 2.05) is 25.1 Å². The third-order valence-electron chi connectivity index (χ3n) is 4.30. The number of aliphatic hydroxyl groups excluding tert-OH is 1. The summed E-state index contributed by atoms with van der Waals surface area (Å²) in [4.78, 5) is 13.9. The Labute approximate surface area is 136 Å². The lowest BCUT2D eigenvalue weighted by molar-refractivity contribution is -0.0716. The summed E-state index contributed by atoms with van der Waals surface area (Å²) in [5, 5.41) is 11.9. The van der Waals surface area contributed by atoms with Crippen molar-refractivity contribution in [3.63, 3.8) is 0 Å². The van der Waals surface area contributed by atoms with Gasteiger partial charge in [-0.2, -0.15) is 0 Å². The SMILES string of the molecule is CCCN(CCO)C(=O)Nc1ccc2c(c1)OC1(CCCC1)O2. The van der Waals surface area contributed by atoms with E-state index < -0.39 is 5.79 Å². The highest BCUT2D eigenvalue weighted by atomic mass is 16.7. The smallest absolute Gasteiger partial charge is 0.321 e. The van der Waals surface area contributed by atoms with Gasteiger partial charge in [0.1, 0.15) is 0 Å². The van der Waals surface area contributed by atoms with Gasteiger partial charge in [-0.3, -0.25) is 0 Å². The van der Waals surface area contributed by atoms with Crippen molar-refractivity contribution in [2.75, 3.05) is 25.0 Å². The number of aliphatic hydroxyl groups is 1. The highest BCUT2D eigenvalue weighted by molar-refractivity contribution is 5.89. The molecule has 1 aromatic carbocycles. The Kier molecular flexibility index (Phi) is 4.61. The van der Waals surface area contributed by atoms with Gasteiger partial charge in [0.25, 0.3) is 5.79 Å². The molecule has 23 heavy (non-hydrogen) atoms. The molecule has 3 rings (SSSR count). The minimum atomic E-state index is -0.490. The van der Waals surface area contributed by atoms with Crippen LogP contribution >= 0.6 is 0 Å². The fraction of sp³-hybridized carbons (Fsp3) is 0.588. The zero-order chi connectivity index (χ0) is 16.3. The Bertz CT molecular complexity index is 564. The molecular formula is C17H24N2O4. The lowest BCUT2D eigenvalue weighted by Gasteiger charge is -2.21. The Morgan fingerprint density at radius 1 is 1.26 bits per heavy atom. The quantitative estimate of drug-likeness (QED) is 0.875. The van der Waals surface area contributed by atoms with Crippen LogP contribution in [0.3, 0.4) is 0 Å². The summed E-state index contributed by atoms with van der Waals surface area (Å²) in [6.45, 7) is 2.89. The minimum Gasteiger partial charge on any atom is -0.448 e. The standard InChI is InChI=1S/C17H24N2O4/c1-2-9-19(10-11-20)16(21)18-13-5-6-14-15(12-13)23-17(22-14)7-3-4-8-17/h5-6,12,20H,2-4,7-11H2,1H3,(H,18,21). The van der Waals surface area contributed by atoms with Gasteiger partial charge in [0.05, 0.1) is 6.61 Å². The van der Waals surface area contributed by atoms with E-state index in [9.17, 15) is 4.79 Å². The molecule has 2 N–H and O–H groups in total. The van der Waals surface area contributed by atoms with Crippen LogP contribution in [0, 0.1) is 0 Å². The lowest BCUT2D eigenvalue weighted by Crippen LogP contribution is -2.37. The van der Waals surface area contributed by atoms with Crippen LogP contribution in [0.1, 0.15) is 39.0 Å². The van der Waals surface area contributed by atoms with Crippen LogP contribution < -0.4 is 14.8 Å². The summed E-state index contributed by atoms with van der Waals surface area (Å²) in [5.74, 6) is 0.940. The van der Waals surface area contributed by atoms with Crippen molar-refractivity contribution in [2.24, 2.45) is 0 Å². The molecule has 126 valence electrons. The number of fused-ring (bicyclic) bond motifs is 1. The molecule has 6 nitrogen and oxygen atoms in total. The number of urea groups is 1. The summed E-state index contributed by atoms with van der Waals surface area (Å²) >= 11 is 0. The van der Waals surface area contributed by atoms with Crippen molar-refractivity contribution in [3.05, 3.63) is 18.2 Å². The predicted octanol–water partition coefficient (Wildman–Crippen LogP) is 2.96. The van der Waals surface area contributed by atoms with Gasteiger partial charge in [-0.15, -0.1) is 0 Å². The van der Waals surface area contributed by atoms with Crippen LogP contribution in [-0.2, 0) is 0 Å². The molecule has 2 amide bonds. The van der Waals surface area contributed by atoms with Crippen LogP contribution in [0.4, 0.5) is 10.5 Å². The number of nitrogens with one attached hydrogen (secondary N) is 1. The summed E-state index contributed by atoms with van der Waals surface area (Å²) in [7, 11) is 0. The van der Waals surface area contributed by atoms with Crippen LogP contribution in [0.15, 0.2) is 18.2 Å². The topological polar surface area (TPSA) is 71.0 Å². The predicted molar refractivity (Wildman–Crippen MR) is 86.9 cm³/mol. The number of anilines is 1. The number of carbonyl (C=O) groups excluding carboxylic acids is 1. The van der Waals surface area contributed by atoms with Crippen molar-refractivity contribution in [1.82, 2.24) is 4.90 Å². The van der Waals surface area contributed by atoms with E-state index in [2.05, 4.69) is 5.32 Å². The van der Waals surface area contributed by atoms with Crippen LogP contribution in [0.25, 0.3) is 0 Å². The van der Waals surface area contributed by atoms with Crippen molar-refractivity contribution in [1.29, 1.82) is 0 Å². The molecule has 2 aliphatic rings. The van der Waals surface area contributed by atoms with E-state index in [-0.39, 0.29) is 12.6 Å². The third-order valence-corrected chi connectivity index (χ3v) is 4.30. The van der Waals surface area contributed by atoms with Crippen LogP contribution in [-0.4, -0.2) is 41.5 Å². The normalized spacial score (nSPS) is 17.5. The van der Waals surface area contributed by atoms with Gasteiger partial charge in [-0.25, -0.2) is 4.79 Å². The monoisotopic (exact) mass is 320 g/mol. The maximum atomic E-state index is 12.3. The van der Waals surface area contributed by atoms with E-state index in [0.29, 0.717) is 24.5 Å². The number of nitrogens with zero attached hydrogens (tertiary/aromatic N) is 1. The second-order valence-corrected chi connectivity index (χ2v) is 6.12. The van der Waals surface area contributed by atoms with Crippen LogP contribution in [0.5, 0.6) is 11.5 Å². The van der Waals surface area contributed by atoms with Crippen molar-refractivity contribution in [2.45, 2.75) is 44.8 Å². The highest BCUT2D eigenvalue weighted by Crippen LogP contribution is 2.47. The van der Waals surface area contributed by atoms with E-state index >= 15 is 0 Å². The Balaban J connectivity index is 1.67. The van der Waals surface area contributed by atoms with E-state index in [1.54, 1.807) is 4.90 Å². The number of benzene rings is 1. The van der Waals surface area contributed by atoms with Crippen molar-refractivity contribution in [3.8, 4) is 11.5 Å². The number of rotatable bonds is 5. The minimum absolute atomic E-state index is 0.0446. The number of carbonyl (C=O) groups is 1. The zero-order valence-corrected chi connectivity index (χ0v) is 13.5. The number of hydrogen-bond donors (Lipinski definition) is 2. The first-order chi connectivity index (χ1) is 11.2. The van der Waals surface area contributed by atoms with Crippen LogP contribution in [0.2, 0.25) is 0 Å². The third kappa shape index (κ3) is 3.37. The van der Waals surface area contributed by atoms with Gasteiger partial charge >= 0.3 is 6.03 Å². The fourth-order valence-corrected chi connectivity index (χ4v) is 3.20. The maximum Gasteiger partial charge on any atom is 0.321 e. The molecule has 1 heterocycles. The second kappa shape index (κ2) is 6.66. The first-order valence-electron chi connectivity index (χ1n) is 8.35. The summed E-state index contributed by atoms with van der Waals surface area (Å²) in [5.41, 5.74) is 0.673. The van der Waals surface area contributed by atoms with Gasteiger partial charge in [0, 0.05) is 37.7 Å². The number of hydrogen-bond acceptors (Lipinski definition) is 4. The molecule has 0 radical (unpaired) electrons. The molecule has 0 atom stereocenters. The fourth-order valence-electron chi connectivity index (χ4n) is 3.20. The van der Waals surface area contributed by atoms with Crippen molar-refractivity contribution >= 4 is 11.7 Å². The highest BCUT2D eigenvalue weighted by Gasteiger charge is 2.44. The van der Waals surface area contributed by atoms with Crippen molar-refractivity contribution < 1.29 is 19.4 Å². The molecule has 6 heteroatoms. The lowest BCUT2D eigenvalue weighted by atomic mass is 10.2. The van der Waals surface area contributed by atoms with Gasteiger partial charge in [-0.05, 0) is 31.4 Å². The Morgan fingerprint density at radius 2 is 2.00 bits per heavy atom. The largest absolute Gasteiger partial charge is 0.448 e. The molecule has 1 aliphatic heterocycles. The molecule has 1 aliphatic carbocycles. The first kappa shape index (κ1) is 15.9. The van der Waals surface area contributed by atoms with Gasteiger partial charge in [0.2, 0.25) is 0 Å². The van der Waals surface area contributed by atoms with E-state index in [1.165, 1.54) is 0 Å². The average Bonchev–Trinajstić information content (AvgIpc) is 3.13. The molecule has 0 unspecified atom stereocenters. The molecule has 1 spiro atoms. The van der Waals surface area contributed by atoms with Gasteiger partial charge in [-0.1, -0.05) is 6.92 Å². The Morgan fingerprint density at radius 3 is 2.70 bits per heavy atom. The summed E-state index contributed by atoms with van der Waals surface area (Å²) in [6, 6.07) is 5.25.